The molecule has 0 aliphatic heterocycles. The molecule has 0 radical (unpaired) electrons. The first kappa shape index (κ1) is 14.8. The molecule has 0 heterocycles. The highest BCUT2D eigenvalue weighted by Gasteiger charge is 2.38. The van der Waals surface area contributed by atoms with E-state index < -0.39 is 0 Å². The highest BCUT2D eigenvalue weighted by Crippen LogP contribution is 2.48. The first-order valence-electron chi connectivity index (χ1n) is 8.30. The van der Waals surface area contributed by atoms with E-state index in [0.717, 1.165) is 6.42 Å². The number of allylic oxidation sites excluding steroid dienone is 2. The highest BCUT2D eigenvalue weighted by molar-refractivity contribution is 5.89. The maximum atomic E-state index is 2.41. The Kier molecular flexibility index (Phi) is 3.78. The summed E-state index contributed by atoms with van der Waals surface area (Å²) in [6, 6.07) is 17.6. The van der Waals surface area contributed by atoms with E-state index >= 15 is 0 Å². The van der Waals surface area contributed by atoms with Crippen molar-refractivity contribution in [3.05, 3.63) is 81.7 Å². The smallest absolute Gasteiger partial charge is 0.0156 e. The Morgan fingerprint density at radius 3 is 2.32 bits per heavy atom. The van der Waals surface area contributed by atoms with Crippen molar-refractivity contribution in [1.29, 1.82) is 0 Å². The van der Waals surface area contributed by atoms with Crippen LogP contribution in [0.2, 0.25) is 0 Å². The van der Waals surface area contributed by atoms with E-state index in [1.807, 2.05) is 13.8 Å². The molecule has 0 amide bonds. The van der Waals surface area contributed by atoms with Crippen LogP contribution in [-0.2, 0) is 5.41 Å². The van der Waals surface area contributed by atoms with Crippen LogP contribution in [0.1, 0.15) is 45.2 Å². The zero-order valence-electron chi connectivity index (χ0n) is 14.0. The maximum Gasteiger partial charge on any atom is 0.0156 e. The van der Waals surface area contributed by atoms with Gasteiger partial charge in [0.05, 0.1) is 0 Å². The lowest BCUT2D eigenvalue weighted by atomic mass is 9.82. The summed E-state index contributed by atoms with van der Waals surface area (Å²) in [4.78, 5) is 0. The van der Waals surface area contributed by atoms with Gasteiger partial charge in [0.1, 0.15) is 0 Å². The van der Waals surface area contributed by atoms with Crippen molar-refractivity contribution in [3.8, 4) is 0 Å². The summed E-state index contributed by atoms with van der Waals surface area (Å²) < 4.78 is 0. The van der Waals surface area contributed by atoms with E-state index in [0.29, 0.717) is 0 Å². The van der Waals surface area contributed by atoms with Gasteiger partial charge in [-0.1, -0.05) is 88.4 Å². The van der Waals surface area contributed by atoms with Crippen molar-refractivity contribution in [2.24, 2.45) is 0 Å². The summed E-state index contributed by atoms with van der Waals surface area (Å²) in [6.45, 7) is 8.69. The molecule has 2 aromatic carbocycles. The van der Waals surface area contributed by atoms with E-state index in [9.17, 15) is 0 Å². The molecule has 0 nitrogen and oxygen atoms in total. The number of fused-ring (bicyclic) bond motifs is 4. The van der Waals surface area contributed by atoms with Gasteiger partial charge in [-0.05, 0) is 39.1 Å². The SMILES string of the molecule is CC.CC1(C)C2=CCC=c3ccccc3=C2c2ccccc21. The van der Waals surface area contributed by atoms with Gasteiger partial charge in [0.25, 0.3) is 0 Å². The third kappa shape index (κ3) is 2.06. The van der Waals surface area contributed by atoms with Gasteiger partial charge in [0.2, 0.25) is 0 Å². The second-order valence-corrected chi connectivity index (χ2v) is 6.19. The molecule has 0 heteroatoms. The second kappa shape index (κ2) is 5.61. The second-order valence-electron chi connectivity index (χ2n) is 6.19. The Morgan fingerprint density at radius 1 is 0.818 bits per heavy atom. The standard InChI is InChI=1S/C20H18.C2H6/c1-20(2)17-12-6-5-11-16(17)19-15-10-4-3-8-14(15)9-7-13-18(19)20;1-2/h3-6,8-13H,7H2,1-2H3;1-2H3. The molecule has 0 N–H and O–H groups in total. The van der Waals surface area contributed by atoms with E-state index in [4.69, 9.17) is 0 Å². The summed E-state index contributed by atoms with van der Waals surface area (Å²) in [7, 11) is 0. The van der Waals surface area contributed by atoms with Crippen molar-refractivity contribution in [2.45, 2.75) is 39.5 Å². The topological polar surface area (TPSA) is 0 Å². The predicted octanol–water partition coefficient (Wildman–Crippen LogP) is 4.31. The molecule has 4 rings (SSSR count). The van der Waals surface area contributed by atoms with Gasteiger partial charge >= 0.3 is 0 Å². The fourth-order valence-electron chi connectivity index (χ4n) is 3.70. The molecular formula is C22H24. The minimum absolute atomic E-state index is 0.108. The summed E-state index contributed by atoms with van der Waals surface area (Å²) >= 11 is 0. The van der Waals surface area contributed by atoms with Crippen LogP contribution in [0.3, 0.4) is 0 Å². The van der Waals surface area contributed by atoms with Crippen LogP contribution in [0.5, 0.6) is 0 Å². The van der Waals surface area contributed by atoms with Gasteiger partial charge in [-0.3, -0.25) is 0 Å². The molecule has 0 atom stereocenters. The molecule has 112 valence electrons. The van der Waals surface area contributed by atoms with E-state index in [1.54, 1.807) is 0 Å². The zero-order chi connectivity index (χ0) is 15.7. The van der Waals surface area contributed by atoms with Crippen LogP contribution in [0.4, 0.5) is 0 Å². The summed E-state index contributed by atoms with van der Waals surface area (Å²) in [5.74, 6) is 0. The average molecular weight is 288 g/mol. The van der Waals surface area contributed by atoms with Crippen molar-refractivity contribution in [3.63, 3.8) is 0 Å². The molecule has 0 aromatic heterocycles. The van der Waals surface area contributed by atoms with Gasteiger partial charge in [-0.2, -0.15) is 0 Å². The maximum absolute atomic E-state index is 2.41. The molecular weight excluding hydrogens is 264 g/mol. The third-order valence-corrected chi connectivity index (χ3v) is 4.70. The van der Waals surface area contributed by atoms with Crippen LogP contribution in [0.25, 0.3) is 11.6 Å². The Labute approximate surface area is 133 Å². The molecule has 2 aliphatic carbocycles. The molecule has 0 bridgehead atoms. The zero-order valence-corrected chi connectivity index (χ0v) is 14.0. The largest absolute Gasteiger partial charge is 0.0760 e. The minimum Gasteiger partial charge on any atom is -0.0760 e. The van der Waals surface area contributed by atoms with Crippen molar-refractivity contribution in [2.75, 3.05) is 0 Å². The summed E-state index contributed by atoms with van der Waals surface area (Å²) in [5.41, 5.74) is 5.90. The van der Waals surface area contributed by atoms with Gasteiger partial charge < -0.3 is 0 Å². The van der Waals surface area contributed by atoms with Crippen LogP contribution in [-0.4, -0.2) is 0 Å². The molecule has 0 saturated heterocycles. The summed E-state index contributed by atoms with van der Waals surface area (Å²) in [5, 5.41) is 2.75. The fourth-order valence-corrected chi connectivity index (χ4v) is 3.70. The van der Waals surface area contributed by atoms with Crippen molar-refractivity contribution >= 4 is 11.6 Å². The van der Waals surface area contributed by atoms with Crippen molar-refractivity contribution in [1.82, 2.24) is 0 Å². The minimum atomic E-state index is 0.108. The monoisotopic (exact) mass is 288 g/mol. The quantitative estimate of drug-likeness (QED) is 0.677. The number of hydrogen-bond acceptors (Lipinski definition) is 0. The van der Waals surface area contributed by atoms with Crippen molar-refractivity contribution < 1.29 is 0 Å². The van der Waals surface area contributed by atoms with Gasteiger partial charge in [0.15, 0.2) is 0 Å². The molecule has 0 unspecified atom stereocenters. The Hall–Kier alpha value is -2.08. The van der Waals surface area contributed by atoms with Crippen LogP contribution in [0.15, 0.2) is 60.2 Å². The van der Waals surface area contributed by atoms with Gasteiger partial charge in [-0.15, -0.1) is 0 Å². The van der Waals surface area contributed by atoms with E-state index in [2.05, 4.69) is 74.5 Å². The molecule has 0 saturated carbocycles. The Balaban J connectivity index is 0.000000693. The van der Waals surface area contributed by atoms with Gasteiger partial charge in [-0.25, -0.2) is 0 Å². The summed E-state index contributed by atoms with van der Waals surface area (Å²) in [6.07, 6.45) is 5.77. The van der Waals surface area contributed by atoms with Gasteiger partial charge in [0, 0.05) is 5.41 Å². The lowest BCUT2D eigenvalue weighted by molar-refractivity contribution is 0.659. The fraction of sp³-hybridized carbons (Fsp3) is 0.273. The lowest BCUT2D eigenvalue weighted by Gasteiger charge is -2.21. The number of rotatable bonds is 0. The first-order chi connectivity index (χ1) is 10.7. The van der Waals surface area contributed by atoms with E-state index in [1.165, 1.54) is 32.7 Å². The van der Waals surface area contributed by atoms with E-state index in [-0.39, 0.29) is 5.41 Å². The molecule has 0 fully saturated rings. The van der Waals surface area contributed by atoms with Crippen LogP contribution >= 0.6 is 0 Å². The molecule has 2 aliphatic rings. The van der Waals surface area contributed by atoms with Crippen LogP contribution < -0.4 is 10.4 Å². The molecule has 0 spiro atoms. The predicted molar refractivity (Wildman–Crippen MR) is 96.2 cm³/mol. The lowest BCUT2D eigenvalue weighted by Crippen LogP contribution is -2.26. The van der Waals surface area contributed by atoms with Crippen LogP contribution in [0, 0.1) is 0 Å². The highest BCUT2D eigenvalue weighted by atomic mass is 14.4. The normalized spacial score (nSPS) is 16.9. The third-order valence-electron chi connectivity index (χ3n) is 4.70. The Bertz CT molecular complexity index is 848. The average Bonchev–Trinajstić information content (AvgIpc) is 2.69. The molecule has 2 aromatic rings. The number of benzene rings is 2. The number of hydrogen-bond donors (Lipinski definition) is 0. The molecule has 22 heavy (non-hydrogen) atoms. The first-order valence-corrected chi connectivity index (χ1v) is 8.30. The Morgan fingerprint density at radius 2 is 1.50 bits per heavy atom.